The minimum absolute atomic E-state index is 0.0587. The molecule has 3 aromatic rings. The summed E-state index contributed by atoms with van der Waals surface area (Å²) in [5.74, 6) is 0.845. The molecular weight excluding hydrogens is 416 g/mol. The lowest BCUT2D eigenvalue weighted by atomic mass is 10.1. The molecule has 3 N–H and O–H groups in total. The Morgan fingerprint density at radius 3 is 2.77 bits per heavy atom. The lowest BCUT2D eigenvalue weighted by Gasteiger charge is -2.17. The third-order valence-corrected chi connectivity index (χ3v) is 6.43. The topological polar surface area (TPSA) is 110 Å². The number of amides is 1. The summed E-state index contributed by atoms with van der Waals surface area (Å²) in [5.41, 5.74) is 4.98. The maximum atomic E-state index is 12.4. The number of fused-ring (bicyclic) bond motifs is 1. The summed E-state index contributed by atoms with van der Waals surface area (Å²) in [6.07, 6.45) is 1.68. The molecule has 3 heterocycles. The Kier molecular flexibility index (Phi) is 5.75. The highest BCUT2D eigenvalue weighted by Gasteiger charge is 2.26. The summed E-state index contributed by atoms with van der Waals surface area (Å²) in [7, 11) is 1.79. The van der Waals surface area contributed by atoms with Crippen molar-refractivity contribution >= 4 is 28.5 Å². The summed E-state index contributed by atoms with van der Waals surface area (Å²) >= 11 is 0. The summed E-state index contributed by atoms with van der Waals surface area (Å²) < 4.78 is 22.2. The van der Waals surface area contributed by atoms with Gasteiger partial charge in [0.2, 0.25) is 5.95 Å². The quantitative estimate of drug-likeness (QED) is 0.543. The Morgan fingerprint density at radius 2 is 2.06 bits per heavy atom. The third kappa shape index (κ3) is 3.79. The highest BCUT2D eigenvalue weighted by molar-refractivity contribution is 7.83. The highest BCUT2D eigenvalue weighted by Crippen LogP contribution is 2.33. The van der Waals surface area contributed by atoms with E-state index in [1.807, 2.05) is 24.5 Å². The van der Waals surface area contributed by atoms with Crippen molar-refractivity contribution < 1.29 is 13.7 Å². The molecule has 1 amide bonds. The monoisotopic (exact) mass is 440 g/mol. The maximum Gasteiger partial charge on any atom is 0.268 e. The van der Waals surface area contributed by atoms with Crippen molar-refractivity contribution in [2.24, 2.45) is 0 Å². The zero-order valence-electron chi connectivity index (χ0n) is 17.8. The van der Waals surface area contributed by atoms with Gasteiger partial charge >= 0.3 is 0 Å². The van der Waals surface area contributed by atoms with E-state index in [9.17, 15) is 9.00 Å². The van der Waals surface area contributed by atoms with Gasteiger partial charge in [0, 0.05) is 42.3 Å². The van der Waals surface area contributed by atoms with E-state index < -0.39 is 11.0 Å². The van der Waals surface area contributed by atoms with Gasteiger partial charge in [-0.15, -0.1) is 0 Å². The Morgan fingerprint density at radius 1 is 1.26 bits per heavy atom. The van der Waals surface area contributed by atoms with Gasteiger partial charge in [-0.3, -0.25) is 4.79 Å². The van der Waals surface area contributed by atoms with E-state index in [0.717, 1.165) is 29.1 Å². The van der Waals surface area contributed by atoms with Crippen LogP contribution in [0.15, 0.2) is 35.4 Å². The number of nitrogens with one attached hydrogen (secondary N) is 3. The second-order valence-corrected chi connectivity index (χ2v) is 8.46. The predicted octanol–water partition coefficient (Wildman–Crippen LogP) is 2.30. The molecule has 1 aromatic carbocycles. The van der Waals surface area contributed by atoms with Crippen molar-refractivity contribution in [3.05, 3.63) is 47.4 Å². The molecule has 4 rings (SSSR count). The number of rotatable bonds is 6. The third-order valence-electron chi connectivity index (χ3n) is 5.32. The van der Waals surface area contributed by atoms with Crippen LogP contribution in [0, 0.1) is 13.8 Å². The Hall–Kier alpha value is -3.24. The smallest absolute Gasteiger partial charge is 0.268 e. The normalized spacial score (nSPS) is 14.0. The standard InChI is InChI=1S/C21H24N6O3S/c1-12-18(13(2)27-10-9-23-20(28)19(12)27)15-7-8-24-21(26-15)25-14-5-6-17(31(29)22-3)16(11-14)30-4/h5-8,11,22H,9-10H2,1-4H3,(H,23,28)(H,24,25,26). The molecule has 2 aromatic heterocycles. The number of benzene rings is 1. The van der Waals surface area contributed by atoms with E-state index in [0.29, 0.717) is 34.5 Å². The highest BCUT2D eigenvalue weighted by atomic mass is 32.2. The number of nitrogens with zero attached hydrogens (tertiary/aromatic N) is 3. The SMILES string of the molecule is CNS(=O)c1ccc(Nc2nccc(-c3c(C)c4n(c3C)CCNC4=O)n2)cc1OC. The van der Waals surface area contributed by atoms with Gasteiger partial charge < -0.3 is 19.9 Å². The van der Waals surface area contributed by atoms with Crippen molar-refractivity contribution in [3.63, 3.8) is 0 Å². The van der Waals surface area contributed by atoms with Gasteiger partial charge in [-0.05, 0) is 44.7 Å². The summed E-state index contributed by atoms with van der Waals surface area (Å²) in [5, 5.41) is 6.07. The summed E-state index contributed by atoms with van der Waals surface area (Å²) in [4.78, 5) is 21.9. The van der Waals surface area contributed by atoms with Gasteiger partial charge in [-0.1, -0.05) is 0 Å². The van der Waals surface area contributed by atoms with Gasteiger partial charge in [0.15, 0.2) is 0 Å². The van der Waals surface area contributed by atoms with E-state index in [1.54, 1.807) is 31.4 Å². The average Bonchev–Trinajstić information content (AvgIpc) is 3.04. The molecule has 0 aliphatic carbocycles. The minimum Gasteiger partial charge on any atom is -0.495 e. The maximum absolute atomic E-state index is 12.4. The zero-order chi connectivity index (χ0) is 22.1. The van der Waals surface area contributed by atoms with Gasteiger partial charge in [0.05, 0.1) is 17.7 Å². The fraction of sp³-hybridized carbons (Fsp3) is 0.286. The molecule has 1 atom stereocenters. The summed E-state index contributed by atoms with van der Waals surface area (Å²) in [6, 6.07) is 7.11. The second kappa shape index (κ2) is 8.48. The molecule has 1 aliphatic heterocycles. The van der Waals surface area contributed by atoms with E-state index >= 15 is 0 Å². The molecule has 0 radical (unpaired) electrons. The molecule has 10 heteroatoms. The second-order valence-electron chi connectivity index (χ2n) is 7.07. The number of hydrogen-bond donors (Lipinski definition) is 3. The minimum atomic E-state index is -1.36. The van der Waals surface area contributed by atoms with Crippen LogP contribution < -0.4 is 20.1 Å². The Balaban J connectivity index is 1.68. The number of anilines is 2. The predicted molar refractivity (Wildman–Crippen MR) is 119 cm³/mol. The van der Waals surface area contributed by atoms with Crippen LogP contribution in [0.5, 0.6) is 5.75 Å². The van der Waals surface area contributed by atoms with E-state index in [4.69, 9.17) is 4.74 Å². The van der Waals surface area contributed by atoms with Gasteiger partial charge in [-0.2, -0.15) is 0 Å². The van der Waals surface area contributed by atoms with Crippen LogP contribution >= 0.6 is 0 Å². The first kappa shape index (κ1) is 21.0. The average molecular weight is 441 g/mol. The first-order valence-electron chi connectivity index (χ1n) is 9.80. The van der Waals surface area contributed by atoms with Crippen LogP contribution in [-0.4, -0.2) is 45.4 Å². The van der Waals surface area contributed by atoms with Crippen LogP contribution in [-0.2, 0) is 17.5 Å². The Bertz CT molecular complexity index is 1190. The molecule has 0 saturated heterocycles. The molecule has 0 fully saturated rings. The van der Waals surface area contributed by atoms with E-state index in [-0.39, 0.29) is 5.91 Å². The molecular formula is C21H24N6O3S. The molecule has 1 aliphatic rings. The molecule has 9 nitrogen and oxygen atoms in total. The van der Waals surface area contributed by atoms with Crippen molar-refractivity contribution in [2.45, 2.75) is 25.3 Å². The van der Waals surface area contributed by atoms with Crippen molar-refractivity contribution in [1.82, 2.24) is 24.6 Å². The van der Waals surface area contributed by atoms with E-state index in [2.05, 4.69) is 25.3 Å². The fourth-order valence-electron chi connectivity index (χ4n) is 3.91. The number of carbonyl (C=O) groups is 1. The fourth-order valence-corrected chi connectivity index (χ4v) is 4.64. The van der Waals surface area contributed by atoms with Crippen LogP contribution in [0.1, 0.15) is 21.7 Å². The molecule has 1 unspecified atom stereocenters. The van der Waals surface area contributed by atoms with Crippen molar-refractivity contribution in [1.29, 1.82) is 0 Å². The molecule has 0 spiro atoms. The number of aromatic nitrogens is 3. The van der Waals surface area contributed by atoms with Crippen LogP contribution in [0.2, 0.25) is 0 Å². The molecule has 31 heavy (non-hydrogen) atoms. The molecule has 162 valence electrons. The first-order chi connectivity index (χ1) is 14.9. The van der Waals surface area contributed by atoms with Crippen molar-refractivity contribution in [3.8, 4) is 17.0 Å². The largest absolute Gasteiger partial charge is 0.495 e. The van der Waals surface area contributed by atoms with Gasteiger partial charge in [0.1, 0.15) is 22.4 Å². The van der Waals surface area contributed by atoms with Gasteiger partial charge in [0.25, 0.3) is 5.91 Å². The Labute approximate surface area is 182 Å². The lowest BCUT2D eigenvalue weighted by molar-refractivity contribution is 0.0926. The van der Waals surface area contributed by atoms with Crippen molar-refractivity contribution in [2.75, 3.05) is 26.0 Å². The lowest BCUT2D eigenvalue weighted by Crippen LogP contribution is -2.35. The number of ether oxygens (including phenoxy) is 1. The molecule has 0 bridgehead atoms. The first-order valence-corrected chi connectivity index (χ1v) is 10.9. The number of hydrogen-bond acceptors (Lipinski definition) is 6. The van der Waals surface area contributed by atoms with Crippen LogP contribution in [0.25, 0.3) is 11.3 Å². The summed E-state index contributed by atoms with van der Waals surface area (Å²) in [6.45, 7) is 5.31. The zero-order valence-corrected chi connectivity index (χ0v) is 18.6. The number of carbonyl (C=O) groups excluding carboxylic acids is 1. The van der Waals surface area contributed by atoms with Crippen LogP contribution in [0.3, 0.4) is 0 Å². The van der Waals surface area contributed by atoms with E-state index in [1.165, 1.54) is 7.11 Å². The van der Waals surface area contributed by atoms with Gasteiger partial charge in [-0.25, -0.2) is 18.9 Å². The number of methoxy groups -OCH3 is 1. The van der Waals surface area contributed by atoms with Crippen LogP contribution in [0.4, 0.5) is 11.6 Å². The molecule has 0 saturated carbocycles.